The van der Waals surface area contributed by atoms with Gasteiger partial charge in [0.05, 0.1) is 10.6 Å². The zero-order chi connectivity index (χ0) is 13.3. The molecule has 0 atom stereocenters. The van der Waals surface area contributed by atoms with Crippen molar-refractivity contribution in [2.75, 3.05) is 25.5 Å². The molecule has 0 saturated heterocycles. The van der Waals surface area contributed by atoms with E-state index in [1.165, 1.54) is 6.07 Å². The molecule has 18 heavy (non-hydrogen) atoms. The van der Waals surface area contributed by atoms with E-state index in [0.29, 0.717) is 23.5 Å². The molecular weight excluding hydrogens is 232 g/mol. The van der Waals surface area contributed by atoms with E-state index in [0.717, 1.165) is 5.57 Å². The standard InChI is InChI=1S/C12H14N4O2/c1-14-6-8-7-15(2)12-9(11(8)13)4-3-5-10(12)16(17)18/h3-6,13-14H,7H2,1-2H3/b8-6-,13-11?. The summed E-state index contributed by atoms with van der Waals surface area (Å²) in [6, 6.07) is 4.82. The molecule has 2 N–H and O–H groups in total. The van der Waals surface area contributed by atoms with Gasteiger partial charge in [-0.3, -0.25) is 15.5 Å². The van der Waals surface area contributed by atoms with E-state index >= 15 is 0 Å². The van der Waals surface area contributed by atoms with E-state index in [4.69, 9.17) is 5.41 Å². The van der Waals surface area contributed by atoms with Crippen LogP contribution >= 0.6 is 0 Å². The average Bonchev–Trinajstić information content (AvgIpc) is 2.35. The van der Waals surface area contributed by atoms with E-state index in [2.05, 4.69) is 5.32 Å². The highest BCUT2D eigenvalue weighted by atomic mass is 16.6. The minimum absolute atomic E-state index is 0.0447. The minimum atomic E-state index is -0.407. The average molecular weight is 246 g/mol. The normalized spacial score (nSPS) is 16.7. The Hall–Kier alpha value is -2.37. The van der Waals surface area contributed by atoms with Gasteiger partial charge in [-0.05, 0) is 0 Å². The van der Waals surface area contributed by atoms with Crippen LogP contribution in [-0.4, -0.2) is 31.3 Å². The predicted octanol–water partition coefficient (Wildman–Crippen LogP) is 1.52. The number of nitro groups is 1. The fourth-order valence-electron chi connectivity index (χ4n) is 2.16. The second-order valence-electron chi connectivity index (χ2n) is 4.12. The molecule has 0 saturated carbocycles. The molecule has 1 aromatic rings. The lowest BCUT2D eigenvalue weighted by Gasteiger charge is -2.29. The number of likely N-dealkylation sites (N-methyl/N-ethyl adjacent to an activating group) is 1. The smallest absolute Gasteiger partial charge is 0.293 e. The molecule has 0 radical (unpaired) electrons. The summed E-state index contributed by atoms with van der Waals surface area (Å²) in [4.78, 5) is 12.4. The molecule has 6 nitrogen and oxygen atoms in total. The van der Waals surface area contributed by atoms with Crippen molar-refractivity contribution in [2.45, 2.75) is 0 Å². The maximum Gasteiger partial charge on any atom is 0.293 e. The van der Waals surface area contributed by atoms with E-state index in [9.17, 15) is 10.1 Å². The zero-order valence-corrected chi connectivity index (χ0v) is 10.2. The SMILES string of the molecule is CN/C=C1/CN(C)c2c(cccc2[N+](=O)[O-])C1=N. The number of para-hydroxylation sites is 1. The summed E-state index contributed by atoms with van der Waals surface area (Å²) in [7, 11) is 3.56. The number of nitrogens with one attached hydrogen (secondary N) is 2. The van der Waals surface area contributed by atoms with Crippen LogP contribution in [0.5, 0.6) is 0 Å². The van der Waals surface area contributed by atoms with Gasteiger partial charge in [-0.15, -0.1) is 0 Å². The Kier molecular flexibility index (Phi) is 3.01. The predicted molar refractivity (Wildman–Crippen MR) is 70.3 cm³/mol. The molecule has 6 heteroatoms. The molecule has 1 aliphatic heterocycles. The molecule has 0 spiro atoms. The molecule has 1 aliphatic rings. The largest absolute Gasteiger partial charge is 0.394 e. The number of rotatable bonds is 2. The van der Waals surface area contributed by atoms with E-state index < -0.39 is 4.92 Å². The van der Waals surface area contributed by atoms with Gasteiger partial charge in [-0.2, -0.15) is 0 Å². The van der Waals surface area contributed by atoms with Gasteiger partial charge in [0.2, 0.25) is 0 Å². The Morgan fingerprint density at radius 3 is 2.89 bits per heavy atom. The highest BCUT2D eigenvalue weighted by Gasteiger charge is 2.29. The van der Waals surface area contributed by atoms with Crippen molar-refractivity contribution in [2.24, 2.45) is 0 Å². The van der Waals surface area contributed by atoms with Crippen LogP contribution < -0.4 is 10.2 Å². The lowest BCUT2D eigenvalue weighted by molar-refractivity contribution is -0.384. The number of anilines is 1. The first-order valence-electron chi connectivity index (χ1n) is 5.50. The summed E-state index contributed by atoms with van der Waals surface area (Å²) in [5.74, 6) is 0. The van der Waals surface area contributed by atoms with Crippen molar-refractivity contribution in [3.63, 3.8) is 0 Å². The van der Waals surface area contributed by atoms with Crippen LogP contribution in [0.25, 0.3) is 0 Å². The van der Waals surface area contributed by atoms with Gasteiger partial charge in [-0.25, -0.2) is 0 Å². The maximum atomic E-state index is 11.0. The summed E-state index contributed by atoms with van der Waals surface area (Å²) in [6.07, 6.45) is 1.75. The number of fused-ring (bicyclic) bond motifs is 1. The number of nitro benzene ring substituents is 1. The van der Waals surface area contributed by atoms with Crippen LogP contribution in [0.1, 0.15) is 5.56 Å². The quantitative estimate of drug-likeness (QED) is 0.612. The lowest BCUT2D eigenvalue weighted by Crippen LogP contribution is -2.32. The van der Waals surface area contributed by atoms with Crippen molar-refractivity contribution in [1.82, 2.24) is 5.32 Å². The molecule has 0 bridgehead atoms. The molecule has 1 heterocycles. The Bertz CT molecular complexity index is 551. The van der Waals surface area contributed by atoms with Crippen molar-refractivity contribution in [1.29, 1.82) is 5.41 Å². The molecule has 0 unspecified atom stereocenters. The van der Waals surface area contributed by atoms with Crippen LogP contribution in [0, 0.1) is 15.5 Å². The molecule has 2 rings (SSSR count). The first kappa shape index (κ1) is 12.1. The van der Waals surface area contributed by atoms with Crippen LogP contribution in [0.2, 0.25) is 0 Å². The summed E-state index contributed by atoms with van der Waals surface area (Å²) in [6.45, 7) is 0.484. The van der Waals surface area contributed by atoms with Crippen molar-refractivity contribution >= 4 is 17.1 Å². The highest BCUT2D eigenvalue weighted by Crippen LogP contribution is 2.36. The number of benzene rings is 1. The fourth-order valence-corrected chi connectivity index (χ4v) is 2.16. The molecule has 94 valence electrons. The summed E-state index contributed by atoms with van der Waals surface area (Å²) in [5, 5.41) is 22.0. The summed E-state index contributed by atoms with van der Waals surface area (Å²) in [5.41, 5.74) is 2.30. The zero-order valence-electron chi connectivity index (χ0n) is 10.2. The van der Waals surface area contributed by atoms with Gasteiger partial charge in [0.15, 0.2) is 0 Å². The maximum absolute atomic E-state index is 11.0. The third-order valence-corrected chi connectivity index (χ3v) is 2.91. The van der Waals surface area contributed by atoms with Crippen molar-refractivity contribution in [3.05, 3.63) is 45.6 Å². The van der Waals surface area contributed by atoms with E-state index in [-0.39, 0.29) is 5.69 Å². The van der Waals surface area contributed by atoms with Crippen molar-refractivity contribution in [3.8, 4) is 0 Å². The highest BCUT2D eigenvalue weighted by molar-refractivity contribution is 6.17. The first-order chi connectivity index (χ1) is 8.56. The number of hydrogen-bond acceptors (Lipinski definition) is 5. The Labute approximate surface area is 105 Å². The van der Waals surface area contributed by atoms with Gasteiger partial charge in [-0.1, -0.05) is 12.1 Å². The van der Waals surface area contributed by atoms with Crippen LogP contribution in [0.4, 0.5) is 11.4 Å². The Morgan fingerprint density at radius 2 is 2.28 bits per heavy atom. The molecule has 1 aromatic carbocycles. The molecule has 0 aromatic heterocycles. The fraction of sp³-hybridized carbons (Fsp3) is 0.250. The number of nitrogens with zero attached hydrogens (tertiary/aromatic N) is 2. The van der Waals surface area contributed by atoms with Crippen LogP contribution in [-0.2, 0) is 0 Å². The lowest BCUT2D eigenvalue weighted by atomic mass is 9.95. The van der Waals surface area contributed by atoms with E-state index in [1.807, 2.05) is 0 Å². The Morgan fingerprint density at radius 1 is 1.56 bits per heavy atom. The minimum Gasteiger partial charge on any atom is -0.394 e. The van der Waals surface area contributed by atoms with Crippen molar-refractivity contribution < 1.29 is 4.92 Å². The summed E-state index contributed by atoms with van der Waals surface area (Å²) < 4.78 is 0. The second kappa shape index (κ2) is 4.48. The van der Waals surface area contributed by atoms with Gasteiger partial charge in [0.1, 0.15) is 5.69 Å². The van der Waals surface area contributed by atoms with Gasteiger partial charge in [0.25, 0.3) is 5.69 Å². The summed E-state index contributed by atoms with van der Waals surface area (Å²) >= 11 is 0. The third kappa shape index (κ3) is 1.81. The van der Waals surface area contributed by atoms with Crippen LogP contribution in [0.15, 0.2) is 30.0 Å². The monoisotopic (exact) mass is 246 g/mol. The molecular formula is C12H14N4O2. The number of hydrogen-bond donors (Lipinski definition) is 2. The first-order valence-corrected chi connectivity index (χ1v) is 5.50. The molecule has 0 aliphatic carbocycles. The second-order valence-corrected chi connectivity index (χ2v) is 4.12. The molecule has 0 fully saturated rings. The van der Waals surface area contributed by atoms with Gasteiger partial charge >= 0.3 is 0 Å². The van der Waals surface area contributed by atoms with Crippen LogP contribution in [0.3, 0.4) is 0 Å². The topological polar surface area (TPSA) is 82.3 Å². The van der Waals surface area contributed by atoms with Gasteiger partial charge < -0.3 is 10.2 Å². The van der Waals surface area contributed by atoms with E-state index in [1.54, 1.807) is 37.3 Å². The third-order valence-electron chi connectivity index (χ3n) is 2.91. The van der Waals surface area contributed by atoms with Gasteiger partial charge in [0, 0.05) is 44.0 Å². The molecule has 0 amide bonds. The Balaban J connectivity index is 2.61.